The summed E-state index contributed by atoms with van der Waals surface area (Å²) in [5.41, 5.74) is 4.35. The number of amides is 2. The summed E-state index contributed by atoms with van der Waals surface area (Å²) in [5.74, 6) is -1.12. The van der Waals surface area contributed by atoms with Crippen LogP contribution in [-0.2, 0) is 29.6 Å². The summed E-state index contributed by atoms with van der Waals surface area (Å²) in [6, 6.07) is 30.0. The molecule has 0 aliphatic carbocycles. The van der Waals surface area contributed by atoms with E-state index in [9.17, 15) is 35.2 Å². The molecule has 4 aliphatic rings. The van der Waals surface area contributed by atoms with Crippen molar-refractivity contribution in [3.05, 3.63) is 174 Å². The van der Waals surface area contributed by atoms with Crippen molar-refractivity contribution in [2.75, 3.05) is 111 Å². The molecule has 0 spiro atoms. The zero-order valence-corrected chi connectivity index (χ0v) is 49.6. The van der Waals surface area contributed by atoms with Crippen molar-refractivity contribution < 1.29 is 35.2 Å². The largest absolute Gasteiger partial charge is 0.367 e. The number of carbonyl (C=O) groups is 2. The minimum Gasteiger partial charge on any atom is -0.367 e. The highest BCUT2D eigenvalue weighted by Gasteiger charge is 2.43. The van der Waals surface area contributed by atoms with Gasteiger partial charge in [0.25, 0.3) is 0 Å². The number of sulfonamides is 2. The molecule has 0 radical (unpaired) electrons. The molecule has 6 aromatic carbocycles. The Bertz CT molecular complexity index is 3290. The van der Waals surface area contributed by atoms with Gasteiger partial charge in [0.1, 0.15) is 23.7 Å². The van der Waals surface area contributed by atoms with Crippen LogP contribution in [0.5, 0.6) is 0 Å². The van der Waals surface area contributed by atoms with E-state index in [0.29, 0.717) is 105 Å². The van der Waals surface area contributed by atoms with E-state index in [4.69, 9.17) is 69.6 Å². The van der Waals surface area contributed by atoms with Gasteiger partial charge in [-0.1, -0.05) is 81.7 Å². The van der Waals surface area contributed by atoms with Crippen LogP contribution in [-0.4, -0.2) is 151 Å². The zero-order valence-electron chi connectivity index (χ0n) is 43.5. The van der Waals surface area contributed by atoms with Crippen LogP contribution in [0.4, 0.5) is 31.5 Å². The molecule has 0 N–H and O–H groups in total. The van der Waals surface area contributed by atoms with E-state index in [2.05, 4.69) is 9.80 Å². The first-order valence-corrected chi connectivity index (χ1v) is 30.8. The third-order valence-electron chi connectivity index (χ3n) is 14.7. The fraction of sp³-hybridized carbons (Fsp3) is 0.321. The average molecular weight is 1250 g/mol. The molecule has 4 fully saturated rings. The van der Waals surface area contributed by atoms with E-state index < -0.39 is 32.1 Å². The molecule has 6 aromatic rings. The smallest absolute Gasteiger partial charge is 0.246 e. The van der Waals surface area contributed by atoms with E-state index in [-0.39, 0.29) is 72.5 Å². The summed E-state index contributed by atoms with van der Waals surface area (Å²) in [4.78, 5) is 39.7. The molecule has 0 aromatic heterocycles. The second-order valence-electron chi connectivity index (χ2n) is 19.7. The third-order valence-corrected chi connectivity index (χ3v) is 20.0. The second kappa shape index (κ2) is 25.2. The molecule has 80 heavy (non-hydrogen) atoms. The fourth-order valence-electron chi connectivity index (χ4n) is 10.6. The summed E-state index contributed by atoms with van der Waals surface area (Å²) in [6.45, 7) is 8.18. The van der Waals surface area contributed by atoms with E-state index in [1.165, 1.54) is 57.1 Å². The molecule has 10 rings (SSSR count). The Hall–Kier alpha value is -5.12. The molecule has 2 amide bonds. The number of halogens is 8. The van der Waals surface area contributed by atoms with Gasteiger partial charge < -0.3 is 29.4 Å². The summed E-state index contributed by atoms with van der Waals surface area (Å²) in [6.07, 6.45) is 0. The molecule has 2 atom stereocenters. The first-order valence-electron chi connectivity index (χ1n) is 25.6. The third kappa shape index (κ3) is 13.2. The van der Waals surface area contributed by atoms with Crippen LogP contribution in [0.3, 0.4) is 0 Å². The lowest BCUT2D eigenvalue weighted by Crippen LogP contribution is -2.62. The van der Waals surface area contributed by atoms with E-state index >= 15 is 0 Å². The van der Waals surface area contributed by atoms with Gasteiger partial charge in [0.15, 0.2) is 0 Å². The summed E-state index contributed by atoms with van der Waals surface area (Å²) < 4.78 is 84.7. The molecular weight excluding hydrogens is 1200 g/mol. The topological polar surface area (TPSA) is 128 Å². The maximum Gasteiger partial charge on any atom is 0.246 e. The highest BCUT2D eigenvalue weighted by atomic mass is 35.5. The van der Waals surface area contributed by atoms with Crippen LogP contribution in [0.1, 0.15) is 11.1 Å². The normalized spacial score (nSPS) is 18.7. The number of benzene rings is 6. The van der Waals surface area contributed by atoms with Crippen molar-refractivity contribution >= 4 is 124 Å². The van der Waals surface area contributed by atoms with Crippen molar-refractivity contribution in [1.29, 1.82) is 0 Å². The molecule has 424 valence electrons. The number of carbonyl (C=O) groups excluding carboxylic acids is 2. The molecule has 4 saturated heterocycles. The molecular formula is C56H56Cl6F2N8O6S2. The Morgan fingerprint density at radius 1 is 0.425 bits per heavy atom. The second-order valence-corrected chi connectivity index (χ2v) is 26.2. The number of hydrogen-bond donors (Lipinski definition) is 0. The number of nitrogens with zero attached hydrogens (tertiary/aromatic N) is 8. The van der Waals surface area contributed by atoms with Gasteiger partial charge in [0.05, 0.1) is 31.2 Å². The number of piperazine rings is 4. The Balaban J connectivity index is 0.000000194. The van der Waals surface area contributed by atoms with Crippen LogP contribution in [0.25, 0.3) is 0 Å². The quantitative estimate of drug-likeness (QED) is 0.131. The van der Waals surface area contributed by atoms with Gasteiger partial charge in [-0.15, -0.1) is 0 Å². The van der Waals surface area contributed by atoms with Gasteiger partial charge in [-0.25, -0.2) is 25.6 Å². The van der Waals surface area contributed by atoms with E-state index in [1.807, 2.05) is 9.80 Å². The minimum atomic E-state index is -3.90. The molecule has 14 nitrogen and oxygen atoms in total. The minimum absolute atomic E-state index is 0.0508. The summed E-state index contributed by atoms with van der Waals surface area (Å²) in [5, 5.41) is 2.93. The number of rotatable bonds is 10. The van der Waals surface area contributed by atoms with E-state index in [0.717, 1.165) is 11.4 Å². The summed E-state index contributed by atoms with van der Waals surface area (Å²) >= 11 is 37.3. The number of aryl methyl sites for hydroxylation is 2. The van der Waals surface area contributed by atoms with Crippen LogP contribution in [0.2, 0.25) is 30.1 Å². The molecule has 0 bridgehead atoms. The molecule has 24 heteroatoms. The van der Waals surface area contributed by atoms with Crippen molar-refractivity contribution in [1.82, 2.24) is 18.4 Å². The van der Waals surface area contributed by atoms with Gasteiger partial charge >= 0.3 is 0 Å². The van der Waals surface area contributed by atoms with Crippen molar-refractivity contribution in [3.63, 3.8) is 0 Å². The lowest BCUT2D eigenvalue weighted by atomic mass is 10.1. The lowest BCUT2D eigenvalue weighted by Gasteiger charge is -2.45. The SMILES string of the molecule is Cc1cc(F)ccc1N1CCN(S(=O)(=O)c2cccc(Cl)c2)CC1C(=O)N1CCN(c2cc(Cl)ccc2Cl)CC1.Cc1cc(F)ccc1N1CCN(S(=O)(=O)c2cccc(Cl)c2)CC1C(=O)N1CCN(c2cc(Cl)ccc2Cl)CC1. The lowest BCUT2D eigenvalue weighted by molar-refractivity contribution is -0.134. The monoisotopic (exact) mass is 1250 g/mol. The first-order chi connectivity index (χ1) is 38.1. The maximum absolute atomic E-state index is 14.0. The highest BCUT2D eigenvalue weighted by Crippen LogP contribution is 2.35. The van der Waals surface area contributed by atoms with Crippen molar-refractivity contribution in [2.24, 2.45) is 0 Å². The Morgan fingerprint density at radius 3 is 1.14 bits per heavy atom. The molecule has 4 heterocycles. The predicted molar refractivity (Wildman–Crippen MR) is 315 cm³/mol. The van der Waals surface area contributed by atoms with Crippen LogP contribution < -0.4 is 19.6 Å². The molecule has 2 unspecified atom stereocenters. The van der Waals surface area contributed by atoms with Crippen molar-refractivity contribution in [2.45, 2.75) is 35.7 Å². The zero-order chi connectivity index (χ0) is 57.2. The van der Waals surface area contributed by atoms with Gasteiger partial charge in [0, 0.05) is 123 Å². The van der Waals surface area contributed by atoms with Crippen LogP contribution in [0, 0.1) is 25.5 Å². The van der Waals surface area contributed by atoms with Crippen molar-refractivity contribution in [3.8, 4) is 0 Å². The van der Waals surface area contributed by atoms with Crippen LogP contribution >= 0.6 is 69.6 Å². The molecule has 0 saturated carbocycles. The highest BCUT2D eigenvalue weighted by molar-refractivity contribution is 7.89. The Morgan fingerprint density at radius 2 is 0.787 bits per heavy atom. The van der Waals surface area contributed by atoms with Gasteiger partial charge in [0.2, 0.25) is 31.9 Å². The molecule has 4 aliphatic heterocycles. The first kappa shape index (κ1) is 59.5. The number of anilines is 4. The van der Waals surface area contributed by atoms with Gasteiger partial charge in [-0.2, -0.15) is 8.61 Å². The standard InChI is InChI=1S/2C28H28Cl3FN4O3S/c2*1-19-15-22(32)6-8-25(19)36-14-13-35(40(38,39)23-4-2-3-20(29)16-23)18-27(36)28(37)34-11-9-33(10-12-34)26-17-21(30)5-7-24(26)31/h2*2-8,15-17,27H,9-14,18H2,1H3. The number of hydrogen-bond acceptors (Lipinski definition) is 10. The van der Waals surface area contributed by atoms with Crippen LogP contribution in [0.15, 0.2) is 131 Å². The van der Waals surface area contributed by atoms with Gasteiger partial charge in [-0.3, -0.25) is 9.59 Å². The Kier molecular flexibility index (Phi) is 18.7. The van der Waals surface area contributed by atoms with E-state index in [1.54, 1.807) is 96.4 Å². The van der Waals surface area contributed by atoms with Gasteiger partial charge in [-0.05, 0) is 134 Å². The Labute approximate surface area is 495 Å². The average Bonchev–Trinajstić information content (AvgIpc) is 3.56. The summed E-state index contributed by atoms with van der Waals surface area (Å²) in [7, 11) is -7.80. The maximum atomic E-state index is 14.0. The fourth-order valence-corrected chi connectivity index (χ4v) is 14.9. The predicted octanol–water partition coefficient (Wildman–Crippen LogP) is 10.6.